The van der Waals surface area contributed by atoms with Crippen molar-refractivity contribution in [2.24, 2.45) is 5.14 Å². The first-order valence-corrected chi connectivity index (χ1v) is 7.84. The van der Waals surface area contributed by atoms with Gasteiger partial charge in [-0.1, -0.05) is 23.2 Å². The largest absolute Gasteiger partial charge is 0.311 e. The molecule has 1 aliphatic heterocycles. The fourth-order valence-corrected chi connectivity index (χ4v) is 3.16. The Kier molecular flexibility index (Phi) is 3.79. The van der Waals surface area contributed by atoms with Crippen LogP contribution in [-0.4, -0.2) is 26.1 Å². The van der Waals surface area contributed by atoms with Gasteiger partial charge in [0.25, 0.3) is 0 Å². The summed E-state index contributed by atoms with van der Waals surface area (Å²) < 4.78 is 22.6. The molecule has 1 unspecified atom stereocenters. The fourth-order valence-electron chi connectivity index (χ4n) is 2.05. The molecule has 1 atom stereocenters. The van der Waals surface area contributed by atoms with Crippen LogP contribution in [-0.2, 0) is 14.8 Å². The van der Waals surface area contributed by atoms with Crippen molar-refractivity contribution in [2.45, 2.75) is 18.6 Å². The van der Waals surface area contributed by atoms with Crippen LogP contribution >= 0.6 is 23.2 Å². The van der Waals surface area contributed by atoms with E-state index in [1.54, 1.807) is 19.1 Å². The molecule has 2 N–H and O–H groups in total. The van der Waals surface area contributed by atoms with Gasteiger partial charge in [-0.05, 0) is 24.6 Å². The van der Waals surface area contributed by atoms with Gasteiger partial charge in [-0.15, -0.1) is 0 Å². The number of aryl methyl sites for hydroxylation is 1. The van der Waals surface area contributed by atoms with Crippen LogP contribution in [0.15, 0.2) is 12.1 Å². The zero-order valence-electron chi connectivity index (χ0n) is 10.1. The van der Waals surface area contributed by atoms with Crippen LogP contribution in [0.1, 0.15) is 12.0 Å². The van der Waals surface area contributed by atoms with Gasteiger partial charge in [-0.2, -0.15) is 0 Å². The summed E-state index contributed by atoms with van der Waals surface area (Å²) in [5.74, 6) is -0.291. The molecule has 1 heterocycles. The van der Waals surface area contributed by atoms with Gasteiger partial charge in [-0.3, -0.25) is 4.79 Å². The van der Waals surface area contributed by atoms with Gasteiger partial charge in [0.15, 0.2) is 0 Å². The Morgan fingerprint density at radius 2 is 1.89 bits per heavy atom. The molecule has 1 amide bonds. The first kappa shape index (κ1) is 14.6. The second-order valence-electron chi connectivity index (χ2n) is 4.47. The maximum Gasteiger partial charge on any atom is 0.228 e. The maximum absolute atomic E-state index is 11.9. The van der Waals surface area contributed by atoms with E-state index in [0.717, 1.165) is 5.56 Å². The van der Waals surface area contributed by atoms with Crippen LogP contribution in [0.2, 0.25) is 10.0 Å². The first-order chi connectivity index (χ1) is 8.70. The molecule has 0 aliphatic carbocycles. The molecule has 8 heteroatoms. The van der Waals surface area contributed by atoms with Crippen LogP contribution in [0.3, 0.4) is 0 Å². The number of rotatable bonds is 2. The van der Waals surface area contributed by atoms with Gasteiger partial charge in [0, 0.05) is 18.7 Å². The minimum Gasteiger partial charge on any atom is -0.311 e. The Balaban J connectivity index is 2.39. The van der Waals surface area contributed by atoms with Crippen LogP contribution in [0, 0.1) is 6.92 Å². The minimum absolute atomic E-state index is 0.0382. The summed E-state index contributed by atoms with van der Waals surface area (Å²) in [5.41, 5.74) is 1.31. The third-order valence-electron chi connectivity index (χ3n) is 3.08. The van der Waals surface area contributed by atoms with E-state index >= 15 is 0 Å². The Labute approximate surface area is 121 Å². The average molecular weight is 323 g/mol. The highest BCUT2D eigenvalue weighted by Crippen LogP contribution is 2.33. The van der Waals surface area contributed by atoms with Crippen molar-refractivity contribution in [1.82, 2.24) is 0 Å². The molecule has 0 spiro atoms. The summed E-state index contributed by atoms with van der Waals surface area (Å²) >= 11 is 11.8. The van der Waals surface area contributed by atoms with E-state index in [4.69, 9.17) is 28.3 Å². The number of nitrogens with zero attached hydrogens (tertiary/aromatic N) is 1. The molecule has 1 saturated heterocycles. The topological polar surface area (TPSA) is 80.5 Å². The molecule has 0 saturated carbocycles. The van der Waals surface area contributed by atoms with E-state index in [1.165, 1.54) is 4.90 Å². The monoisotopic (exact) mass is 322 g/mol. The molecule has 5 nitrogen and oxygen atoms in total. The lowest BCUT2D eigenvalue weighted by atomic mass is 10.2. The van der Waals surface area contributed by atoms with Crippen molar-refractivity contribution < 1.29 is 13.2 Å². The standard InChI is InChI=1S/C11H12Cl2N2O3S/c1-6-2-8(12)9(13)4-10(6)15-5-7(3-11(15)16)19(14,17)18/h2,4,7H,3,5H2,1H3,(H2,14,17,18). The van der Waals surface area contributed by atoms with E-state index in [0.29, 0.717) is 15.7 Å². The molecule has 1 aromatic rings. The van der Waals surface area contributed by atoms with E-state index in [-0.39, 0.29) is 18.9 Å². The third kappa shape index (κ3) is 2.86. The number of benzene rings is 1. The van der Waals surface area contributed by atoms with E-state index in [1.807, 2.05) is 0 Å². The molecule has 0 radical (unpaired) electrons. The number of sulfonamides is 1. The van der Waals surface area contributed by atoms with Crippen LogP contribution in [0.25, 0.3) is 0 Å². The summed E-state index contributed by atoms with van der Waals surface area (Å²) in [4.78, 5) is 13.3. The number of anilines is 1. The van der Waals surface area contributed by atoms with Gasteiger partial charge in [0.05, 0.1) is 10.0 Å². The minimum atomic E-state index is -3.73. The lowest BCUT2D eigenvalue weighted by Crippen LogP contribution is -2.32. The average Bonchev–Trinajstić information content (AvgIpc) is 2.65. The zero-order chi connectivity index (χ0) is 14.4. The van der Waals surface area contributed by atoms with Crippen molar-refractivity contribution in [1.29, 1.82) is 0 Å². The molecule has 0 bridgehead atoms. The molecule has 0 aromatic heterocycles. The fraction of sp³-hybridized carbons (Fsp3) is 0.364. The Morgan fingerprint density at radius 1 is 1.32 bits per heavy atom. The van der Waals surface area contributed by atoms with Gasteiger partial charge < -0.3 is 4.90 Å². The SMILES string of the molecule is Cc1cc(Cl)c(Cl)cc1N1CC(S(N)(=O)=O)CC1=O. The van der Waals surface area contributed by atoms with Crippen molar-refractivity contribution in [2.75, 3.05) is 11.4 Å². The number of nitrogens with two attached hydrogens (primary N) is 1. The number of carbonyl (C=O) groups is 1. The van der Waals surface area contributed by atoms with E-state index < -0.39 is 15.3 Å². The summed E-state index contributed by atoms with van der Waals surface area (Å²) in [6.45, 7) is 1.81. The summed E-state index contributed by atoms with van der Waals surface area (Å²) in [6, 6.07) is 3.19. The molecule has 104 valence electrons. The molecule has 1 aromatic carbocycles. The Hall–Kier alpha value is -0.820. The van der Waals surface area contributed by atoms with E-state index in [2.05, 4.69) is 0 Å². The molecule has 19 heavy (non-hydrogen) atoms. The van der Waals surface area contributed by atoms with Crippen LogP contribution in [0.4, 0.5) is 5.69 Å². The number of hydrogen-bond acceptors (Lipinski definition) is 3. The maximum atomic E-state index is 11.9. The lowest BCUT2D eigenvalue weighted by Gasteiger charge is -2.19. The zero-order valence-corrected chi connectivity index (χ0v) is 12.4. The van der Waals surface area contributed by atoms with Gasteiger partial charge >= 0.3 is 0 Å². The highest BCUT2D eigenvalue weighted by molar-refractivity contribution is 7.89. The normalized spacial score (nSPS) is 20.1. The van der Waals surface area contributed by atoms with Crippen molar-refractivity contribution in [3.05, 3.63) is 27.7 Å². The van der Waals surface area contributed by atoms with Crippen molar-refractivity contribution in [3.8, 4) is 0 Å². The molecule has 2 rings (SSSR count). The summed E-state index contributed by atoms with van der Waals surface area (Å²) in [5, 5.41) is 4.90. The highest BCUT2D eigenvalue weighted by Gasteiger charge is 2.37. The number of hydrogen-bond donors (Lipinski definition) is 1. The molecule has 1 aliphatic rings. The predicted molar refractivity (Wildman–Crippen MR) is 75.1 cm³/mol. The highest BCUT2D eigenvalue weighted by atomic mass is 35.5. The number of primary sulfonamides is 1. The lowest BCUT2D eigenvalue weighted by molar-refractivity contribution is -0.117. The van der Waals surface area contributed by atoms with Gasteiger partial charge in [-0.25, -0.2) is 13.6 Å². The number of amides is 1. The van der Waals surface area contributed by atoms with Crippen LogP contribution < -0.4 is 10.0 Å². The van der Waals surface area contributed by atoms with Gasteiger partial charge in [0.2, 0.25) is 15.9 Å². The third-order valence-corrected chi connectivity index (χ3v) is 5.05. The number of carbonyl (C=O) groups excluding carboxylic acids is 1. The molecule has 1 fully saturated rings. The summed E-state index contributed by atoms with van der Waals surface area (Å²) in [7, 11) is -3.73. The van der Waals surface area contributed by atoms with Gasteiger partial charge in [0.1, 0.15) is 5.25 Å². The van der Waals surface area contributed by atoms with Crippen molar-refractivity contribution >= 4 is 44.8 Å². The quantitative estimate of drug-likeness (QED) is 0.899. The van der Waals surface area contributed by atoms with Crippen LogP contribution in [0.5, 0.6) is 0 Å². The second-order valence-corrected chi connectivity index (χ2v) is 7.13. The Morgan fingerprint density at radius 3 is 2.42 bits per heavy atom. The number of halogens is 2. The predicted octanol–water partition coefficient (Wildman–Crippen LogP) is 1.70. The van der Waals surface area contributed by atoms with E-state index in [9.17, 15) is 13.2 Å². The smallest absolute Gasteiger partial charge is 0.228 e. The molecular formula is C11H12Cl2N2O3S. The van der Waals surface area contributed by atoms with Crippen molar-refractivity contribution in [3.63, 3.8) is 0 Å². The molecular weight excluding hydrogens is 311 g/mol. The summed E-state index contributed by atoms with van der Waals surface area (Å²) in [6.07, 6.45) is -0.113. The Bertz CT molecular complexity index is 646. The second kappa shape index (κ2) is 4.94. The first-order valence-electron chi connectivity index (χ1n) is 5.48.